The van der Waals surface area contributed by atoms with Crippen molar-refractivity contribution in [2.45, 2.75) is 0 Å². The summed E-state index contributed by atoms with van der Waals surface area (Å²) in [4.78, 5) is 13.6. The second-order valence-corrected chi connectivity index (χ2v) is 2.08. The van der Waals surface area contributed by atoms with Gasteiger partial charge in [-0.2, -0.15) is 0 Å². The van der Waals surface area contributed by atoms with E-state index >= 15 is 0 Å². The number of ether oxygens (including phenoxy) is 1. The summed E-state index contributed by atoms with van der Waals surface area (Å²) < 4.78 is 4.48. The molecule has 52 valence electrons. The number of H-pyrrole nitrogens is 1. The van der Waals surface area contributed by atoms with Crippen molar-refractivity contribution in [3.63, 3.8) is 0 Å². The van der Waals surface area contributed by atoms with Gasteiger partial charge in [0.25, 0.3) is 0 Å². The van der Waals surface area contributed by atoms with Gasteiger partial charge in [-0.3, -0.25) is 0 Å². The number of hydrogen-bond donors (Lipinski definition) is 1. The summed E-state index contributed by atoms with van der Waals surface area (Å²) in [6.45, 7) is 0. The maximum atomic E-state index is 10.8. The van der Waals surface area contributed by atoms with Gasteiger partial charge in [-0.05, 0) is 12.3 Å². The van der Waals surface area contributed by atoms with Crippen LogP contribution in [0, 0.1) is 0 Å². The highest BCUT2D eigenvalue weighted by Gasteiger charge is 2.04. The molecule has 3 nitrogen and oxygen atoms in total. The fourth-order valence-electron chi connectivity index (χ4n) is 0.730. The number of hydrogen-bond acceptors (Lipinski definition) is 2. The van der Waals surface area contributed by atoms with Crippen molar-refractivity contribution >= 4 is 19.3 Å². The zero-order valence-electron chi connectivity index (χ0n) is 5.97. The second kappa shape index (κ2) is 2.60. The molecule has 10 heavy (non-hydrogen) atoms. The minimum Gasteiger partial charge on any atom is -0.464 e. The summed E-state index contributed by atoms with van der Waals surface area (Å²) in [5.74, 6) is -0.326. The van der Waals surface area contributed by atoms with E-state index in [1.807, 2.05) is 7.85 Å². The van der Waals surface area contributed by atoms with Crippen LogP contribution in [0.3, 0.4) is 0 Å². The lowest BCUT2D eigenvalue weighted by atomic mass is 10.0. The van der Waals surface area contributed by atoms with Crippen molar-refractivity contribution in [3.8, 4) is 0 Å². The van der Waals surface area contributed by atoms with Crippen molar-refractivity contribution in [1.82, 2.24) is 4.98 Å². The number of rotatable bonds is 1. The Morgan fingerprint density at radius 3 is 2.90 bits per heavy atom. The number of carbonyl (C=O) groups excluding carboxylic acids is 1. The molecule has 0 saturated heterocycles. The normalized spacial score (nSPS) is 9.30. The number of aromatic amines is 1. The first kappa shape index (κ1) is 6.93. The number of carbonyl (C=O) groups is 1. The van der Waals surface area contributed by atoms with Gasteiger partial charge >= 0.3 is 5.97 Å². The highest BCUT2D eigenvalue weighted by Crippen LogP contribution is 1.92. The molecule has 0 atom stereocenters. The highest BCUT2D eigenvalue weighted by atomic mass is 16.5. The molecule has 0 aliphatic rings. The lowest BCUT2D eigenvalue weighted by molar-refractivity contribution is 0.0595. The molecular formula is C6H8BNO2. The first-order valence-corrected chi connectivity index (χ1v) is 2.97. The predicted octanol–water partition coefficient (Wildman–Crippen LogP) is -0.940. The van der Waals surface area contributed by atoms with Crippen molar-refractivity contribution < 1.29 is 9.53 Å². The van der Waals surface area contributed by atoms with E-state index in [1.165, 1.54) is 7.11 Å². The molecular weight excluding hydrogens is 129 g/mol. The van der Waals surface area contributed by atoms with Gasteiger partial charge in [-0.25, -0.2) is 4.79 Å². The van der Waals surface area contributed by atoms with E-state index in [2.05, 4.69) is 9.72 Å². The van der Waals surface area contributed by atoms with Gasteiger partial charge in [-0.1, -0.05) is 5.46 Å². The molecule has 0 saturated carbocycles. The van der Waals surface area contributed by atoms with Crippen LogP contribution in [0.2, 0.25) is 0 Å². The molecule has 4 heteroatoms. The average molecular weight is 137 g/mol. The third-order valence-electron chi connectivity index (χ3n) is 1.23. The van der Waals surface area contributed by atoms with E-state index in [0.29, 0.717) is 5.69 Å². The molecule has 0 aliphatic carbocycles. The van der Waals surface area contributed by atoms with E-state index < -0.39 is 0 Å². The van der Waals surface area contributed by atoms with Gasteiger partial charge in [0.2, 0.25) is 0 Å². The Bertz CT molecular complexity index is 244. The van der Waals surface area contributed by atoms with Crippen LogP contribution in [0.5, 0.6) is 0 Å². The van der Waals surface area contributed by atoms with Crippen molar-refractivity contribution in [2.24, 2.45) is 0 Å². The highest BCUT2D eigenvalue weighted by molar-refractivity contribution is 6.32. The Kier molecular flexibility index (Phi) is 1.80. The van der Waals surface area contributed by atoms with Crippen LogP contribution >= 0.6 is 0 Å². The van der Waals surface area contributed by atoms with Crippen LogP contribution in [0.15, 0.2) is 12.3 Å². The van der Waals surface area contributed by atoms with Crippen LogP contribution in [-0.4, -0.2) is 25.9 Å². The van der Waals surface area contributed by atoms with E-state index in [9.17, 15) is 4.79 Å². The summed E-state index contributed by atoms with van der Waals surface area (Å²) in [7, 11) is 3.27. The summed E-state index contributed by atoms with van der Waals surface area (Å²) in [5.41, 5.74) is 1.53. The molecule has 0 unspecified atom stereocenters. The summed E-state index contributed by atoms with van der Waals surface area (Å²) in [6.07, 6.45) is 1.76. The van der Waals surface area contributed by atoms with E-state index in [-0.39, 0.29) is 5.97 Å². The molecule has 1 N–H and O–H groups in total. The molecule has 0 bridgehead atoms. The topological polar surface area (TPSA) is 42.1 Å². The first-order chi connectivity index (χ1) is 4.74. The van der Waals surface area contributed by atoms with Gasteiger partial charge in [0.1, 0.15) is 13.5 Å². The smallest absolute Gasteiger partial charge is 0.354 e. The van der Waals surface area contributed by atoms with Crippen molar-refractivity contribution in [3.05, 3.63) is 18.0 Å². The maximum Gasteiger partial charge on any atom is 0.354 e. The van der Waals surface area contributed by atoms with Crippen LogP contribution in [-0.2, 0) is 4.74 Å². The zero-order valence-corrected chi connectivity index (χ0v) is 5.97. The lowest BCUT2D eigenvalue weighted by Gasteiger charge is -1.91. The number of methoxy groups -OCH3 is 1. The minimum atomic E-state index is -0.326. The molecule has 0 radical (unpaired) electrons. The Balaban J connectivity index is 2.85. The molecule has 0 aromatic carbocycles. The van der Waals surface area contributed by atoms with Crippen LogP contribution in [0.4, 0.5) is 0 Å². The Labute approximate surface area is 59.8 Å². The number of nitrogens with one attached hydrogen (secondary N) is 1. The average Bonchev–Trinajstić information content (AvgIpc) is 2.34. The Morgan fingerprint density at radius 1 is 1.80 bits per heavy atom. The SMILES string of the molecule is Bc1c[nH]c(C(=O)OC)c1. The van der Waals surface area contributed by atoms with Gasteiger partial charge in [0.15, 0.2) is 0 Å². The summed E-state index contributed by atoms with van der Waals surface area (Å²) in [5, 5.41) is 0. The van der Waals surface area contributed by atoms with Gasteiger partial charge < -0.3 is 9.72 Å². The van der Waals surface area contributed by atoms with Crippen LogP contribution < -0.4 is 5.46 Å². The molecule has 0 spiro atoms. The third kappa shape index (κ3) is 1.21. The molecule has 1 heterocycles. The van der Waals surface area contributed by atoms with Gasteiger partial charge in [0.05, 0.1) is 7.11 Å². The zero-order chi connectivity index (χ0) is 7.56. The summed E-state index contributed by atoms with van der Waals surface area (Å²) >= 11 is 0. The van der Waals surface area contributed by atoms with Crippen LogP contribution in [0.1, 0.15) is 10.5 Å². The molecule has 0 fully saturated rings. The largest absolute Gasteiger partial charge is 0.464 e. The van der Waals surface area contributed by atoms with E-state index in [0.717, 1.165) is 5.46 Å². The fourth-order valence-corrected chi connectivity index (χ4v) is 0.730. The lowest BCUT2D eigenvalue weighted by Crippen LogP contribution is -2.01. The van der Waals surface area contributed by atoms with E-state index in [4.69, 9.17) is 0 Å². The Hall–Kier alpha value is -1.19. The minimum absolute atomic E-state index is 0.326. The van der Waals surface area contributed by atoms with Gasteiger partial charge in [-0.15, -0.1) is 0 Å². The maximum absolute atomic E-state index is 10.8. The molecule has 0 aliphatic heterocycles. The quantitative estimate of drug-likeness (QED) is 0.401. The Morgan fingerprint density at radius 2 is 2.50 bits per heavy atom. The molecule has 1 rings (SSSR count). The number of aromatic nitrogens is 1. The summed E-state index contributed by atoms with van der Waals surface area (Å²) in [6, 6.07) is 1.74. The molecule has 1 aromatic rings. The fraction of sp³-hybridized carbons (Fsp3) is 0.167. The number of esters is 1. The van der Waals surface area contributed by atoms with E-state index in [1.54, 1.807) is 12.3 Å². The monoisotopic (exact) mass is 137 g/mol. The van der Waals surface area contributed by atoms with Crippen molar-refractivity contribution in [2.75, 3.05) is 7.11 Å². The third-order valence-corrected chi connectivity index (χ3v) is 1.23. The molecule has 0 amide bonds. The predicted molar refractivity (Wildman–Crippen MR) is 40.3 cm³/mol. The van der Waals surface area contributed by atoms with Crippen molar-refractivity contribution in [1.29, 1.82) is 0 Å². The van der Waals surface area contributed by atoms with Gasteiger partial charge in [0, 0.05) is 0 Å². The standard InChI is InChI=1S/C6H8BNO2/c1-10-6(9)5-2-4(7)3-8-5/h2-3,8H,7H2,1H3. The van der Waals surface area contributed by atoms with Crippen LogP contribution in [0.25, 0.3) is 0 Å². The molecule has 1 aromatic heterocycles. The second-order valence-electron chi connectivity index (χ2n) is 2.08. The first-order valence-electron chi connectivity index (χ1n) is 2.97.